The van der Waals surface area contributed by atoms with Crippen molar-refractivity contribution in [3.8, 4) is 0 Å². The van der Waals surface area contributed by atoms with Crippen LogP contribution in [-0.4, -0.2) is 35.7 Å². The number of rotatable bonds is 4. The van der Waals surface area contributed by atoms with E-state index in [9.17, 15) is 14.9 Å². The third kappa shape index (κ3) is 4.83. The van der Waals surface area contributed by atoms with Crippen LogP contribution in [0.2, 0.25) is 0 Å². The lowest BCUT2D eigenvalue weighted by atomic mass is 10.2. The lowest BCUT2D eigenvalue weighted by Gasteiger charge is -2.27. The van der Waals surface area contributed by atoms with E-state index in [2.05, 4.69) is 21.2 Å². The molecule has 1 N–H and O–H groups in total. The first-order chi connectivity index (χ1) is 11.2. The fraction of sp³-hybridized carbons (Fsp3) is 0.562. The third-order valence-corrected chi connectivity index (χ3v) is 4.19. The van der Waals surface area contributed by atoms with Crippen molar-refractivity contribution in [3.05, 3.63) is 32.8 Å². The number of nitro benzene ring substituents is 1. The molecule has 132 valence electrons. The van der Waals surface area contributed by atoms with Gasteiger partial charge >= 0.3 is 6.09 Å². The highest BCUT2D eigenvalue weighted by Gasteiger charge is 2.30. The Morgan fingerprint density at radius 2 is 2.21 bits per heavy atom. The Bertz CT molecular complexity index is 630. The van der Waals surface area contributed by atoms with E-state index in [1.54, 1.807) is 32.9 Å². The van der Waals surface area contributed by atoms with E-state index in [4.69, 9.17) is 4.74 Å². The first-order valence-electron chi connectivity index (χ1n) is 7.85. The standard InChI is InChI=1S/C16H22BrN3O4/c1-16(2,3)24-15(21)18-10-12-5-4-8-19(12)13-7-6-11(17)9-14(13)20(22)23/h6-7,9,12H,4-5,8,10H2,1-3H3,(H,18,21)/t12-/m0/s1. The summed E-state index contributed by atoms with van der Waals surface area (Å²) in [5.41, 5.74) is 0.0921. The Hall–Kier alpha value is -1.83. The zero-order valence-corrected chi connectivity index (χ0v) is 15.6. The molecule has 0 radical (unpaired) electrons. The van der Waals surface area contributed by atoms with Gasteiger partial charge in [0.15, 0.2) is 0 Å². The maximum absolute atomic E-state index is 11.8. The Morgan fingerprint density at radius 1 is 1.50 bits per heavy atom. The normalized spacial score (nSPS) is 17.7. The van der Waals surface area contributed by atoms with Gasteiger partial charge in [-0.3, -0.25) is 10.1 Å². The predicted molar refractivity (Wildman–Crippen MR) is 95.4 cm³/mol. The average Bonchev–Trinajstić information content (AvgIpc) is 2.91. The molecule has 1 heterocycles. The van der Waals surface area contributed by atoms with E-state index < -0.39 is 11.7 Å². The molecule has 0 saturated carbocycles. The van der Waals surface area contributed by atoms with Crippen LogP contribution in [0.5, 0.6) is 0 Å². The van der Waals surface area contributed by atoms with E-state index in [0.29, 0.717) is 16.7 Å². The van der Waals surface area contributed by atoms with Gasteiger partial charge < -0.3 is 15.0 Å². The van der Waals surface area contributed by atoms with Crippen molar-refractivity contribution in [1.29, 1.82) is 0 Å². The van der Waals surface area contributed by atoms with Crippen LogP contribution in [-0.2, 0) is 4.74 Å². The summed E-state index contributed by atoms with van der Waals surface area (Å²) in [6, 6.07) is 5.05. The molecular weight excluding hydrogens is 378 g/mol. The molecule has 1 aliphatic heterocycles. The van der Waals surface area contributed by atoms with Gasteiger partial charge in [-0.05, 0) is 45.7 Å². The van der Waals surface area contributed by atoms with Crippen molar-refractivity contribution in [2.45, 2.75) is 45.3 Å². The summed E-state index contributed by atoms with van der Waals surface area (Å²) in [4.78, 5) is 24.8. The Labute approximate surface area is 149 Å². The van der Waals surface area contributed by atoms with E-state index in [-0.39, 0.29) is 16.7 Å². The van der Waals surface area contributed by atoms with Gasteiger partial charge in [0.2, 0.25) is 0 Å². The summed E-state index contributed by atoms with van der Waals surface area (Å²) in [7, 11) is 0. The molecule has 24 heavy (non-hydrogen) atoms. The number of carbonyl (C=O) groups is 1. The van der Waals surface area contributed by atoms with Crippen LogP contribution < -0.4 is 10.2 Å². The number of carbonyl (C=O) groups excluding carboxylic acids is 1. The molecule has 1 amide bonds. The van der Waals surface area contributed by atoms with Crippen LogP contribution in [0.1, 0.15) is 33.6 Å². The molecule has 0 bridgehead atoms. The molecule has 1 fully saturated rings. The van der Waals surface area contributed by atoms with Gasteiger partial charge in [0.25, 0.3) is 5.69 Å². The summed E-state index contributed by atoms with van der Waals surface area (Å²) in [5, 5.41) is 14.1. The fourth-order valence-electron chi connectivity index (χ4n) is 2.77. The number of alkyl carbamates (subject to hydrolysis) is 1. The van der Waals surface area contributed by atoms with Gasteiger partial charge in [0.1, 0.15) is 11.3 Å². The molecule has 1 saturated heterocycles. The highest BCUT2D eigenvalue weighted by molar-refractivity contribution is 9.10. The van der Waals surface area contributed by atoms with Crippen LogP contribution in [0.15, 0.2) is 22.7 Å². The summed E-state index contributed by atoms with van der Waals surface area (Å²) in [5.74, 6) is 0. The van der Waals surface area contributed by atoms with Crippen LogP contribution in [0.25, 0.3) is 0 Å². The molecule has 0 aromatic heterocycles. The fourth-order valence-corrected chi connectivity index (χ4v) is 3.12. The lowest BCUT2D eigenvalue weighted by molar-refractivity contribution is -0.384. The number of ether oxygens (including phenoxy) is 1. The summed E-state index contributed by atoms with van der Waals surface area (Å²) >= 11 is 3.27. The number of benzene rings is 1. The molecule has 0 spiro atoms. The minimum absolute atomic E-state index is 0.0115. The summed E-state index contributed by atoms with van der Waals surface area (Å²) < 4.78 is 5.90. The van der Waals surface area contributed by atoms with Gasteiger partial charge in [-0.2, -0.15) is 0 Å². The van der Waals surface area contributed by atoms with Gasteiger partial charge in [-0.15, -0.1) is 0 Å². The zero-order chi connectivity index (χ0) is 17.9. The van der Waals surface area contributed by atoms with E-state index in [1.165, 1.54) is 6.07 Å². The molecule has 7 nitrogen and oxygen atoms in total. The van der Waals surface area contributed by atoms with Crippen molar-refractivity contribution in [2.75, 3.05) is 18.0 Å². The second-order valence-corrected chi connectivity index (χ2v) is 7.68. The van der Waals surface area contributed by atoms with Gasteiger partial charge in [-0.25, -0.2) is 4.79 Å². The van der Waals surface area contributed by atoms with Crippen LogP contribution in [0.4, 0.5) is 16.2 Å². The molecule has 8 heteroatoms. The molecule has 0 unspecified atom stereocenters. The second kappa shape index (κ2) is 7.38. The number of halogens is 1. The van der Waals surface area contributed by atoms with E-state index in [1.807, 2.05) is 4.90 Å². The molecule has 0 aliphatic carbocycles. The summed E-state index contributed by atoms with van der Waals surface area (Å²) in [6.07, 6.45) is 1.32. The number of anilines is 1. The third-order valence-electron chi connectivity index (χ3n) is 3.70. The average molecular weight is 400 g/mol. The van der Waals surface area contributed by atoms with Crippen molar-refractivity contribution < 1.29 is 14.5 Å². The van der Waals surface area contributed by atoms with Gasteiger partial charge in [0.05, 0.1) is 4.92 Å². The van der Waals surface area contributed by atoms with E-state index in [0.717, 1.165) is 19.4 Å². The number of amides is 1. The highest BCUT2D eigenvalue weighted by atomic mass is 79.9. The molecule has 1 atom stereocenters. The first kappa shape index (κ1) is 18.5. The van der Waals surface area contributed by atoms with Crippen LogP contribution >= 0.6 is 15.9 Å². The molecule has 2 rings (SSSR count). The second-order valence-electron chi connectivity index (χ2n) is 6.76. The number of nitrogens with one attached hydrogen (secondary N) is 1. The smallest absolute Gasteiger partial charge is 0.407 e. The van der Waals surface area contributed by atoms with Crippen molar-refractivity contribution in [1.82, 2.24) is 5.32 Å². The van der Waals surface area contributed by atoms with Crippen molar-refractivity contribution >= 4 is 33.4 Å². The van der Waals surface area contributed by atoms with Gasteiger partial charge in [0, 0.05) is 29.7 Å². The SMILES string of the molecule is CC(C)(C)OC(=O)NC[C@@H]1CCCN1c1ccc(Br)cc1[N+](=O)[O-]. The monoisotopic (exact) mass is 399 g/mol. The largest absolute Gasteiger partial charge is 0.444 e. The predicted octanol–water partition coefficient (Wildman–Crippen LogP) is 3.85. The molecule has 1 aromatic rings. The molecular formula is C16H22BrN3O4. The Balaban J connectivity index is 2.09. The number of hydrogen-bond donors (Lipinski definition) is 1. The molecule has 1 aliphatic rings. The Kier molecular flexibility index (Phi) is 5.69. The number of hydrogen-bond acceptors (Lipinski definition) is 5. The highest BCUT2D eigenvalue weighted by Crippen LogP contribution is 2.35. The van der Waals surface area contributed by atoms with Crippen LogP contribution in [0.3, 0.4) is 0 Å². The quantitative estimate of drug-likeness (QED) is 0.613. The van der Waals surface area contributed by atoms with E-state index >= 15 is 0 Å². The van der Waals surface area contributed by atoms with Crippen LogP contribution in [0, 0.1) is 10.1 Å². The summed E-state index contributed by atoms with van der Waals surface area (Å²) in [6.45, 7) is 6.53. The minimum Gasteiger partial charge on any atom is -0.444 e. The first-order valence-corrected chi connectivity index (χ1v) is 8.64. The zero-order valence-electron chi connectivity index (χ0n) is 14.0. The topological polar surface area (TPSA) is 84.7 Å². The number of nitrogens with zero attached hydrogens (tertiary/aromatic N) is 2. The number of nitro groups is 1. The maximum atomic E-state index is 11.8. The lowest BCUT2D eigenvalue weighted by Crippen LogP contribution is -2.42. The molecule has 1 aromatic carbocycles. The van der Waals surface area contributed by atoms with Gasteiger partial charge in [-0.1, -0.05) is 15.9 Å². The van der Waals surface area contributed by atoms with Crippen molar-refractivity contribution in [3.63, 3.8) is 0 Å². The maximum Gasteiger partial charge on any atom is 0.407 e. The van der Waals surface area contributed by atoms with Crippen molar-refractivity contribution in [2.24, 2.45) is 0 Å². The Morgan fingerprint density at radius 3 is 2.83 bits per heavy atom. The minimum atomic E-state index is -0.552.